The molecule has 0 radical (unpaired) electrons. The van der Waals surface area contributed by atoms with Crippen LogP contribution in [0.4, 0.5) is 5.69 Å². The summed E-state index contributed by atoms with van der Waals surface area (Å²) in [7, 11) is 0. The van der Waals surface area contributed by atoms with Gasteiger partial charge in [-0.1, -0.05) is 6.92 Å². The van der Waals surface area contributed by atoms with Gasteiger partial charge in [-0.25, -0.2) is 4.98 Å². The number of halogens is 2. The van der Waals surface area contributed by atoms with Gasteiger partial charge in [-0.3, -0.25) is 0 Å². The highest BCUT2D eigenvalue weighted by Crippen LogP contribution is 2.22. The van der Waals surface area contributed by atoms with E-state index >= 15 is 0 Å². The van der Waals surface area contributed by atoms with E-state index in [4.69, 9.17) is 0 Å². The van der Waals surface area contributed by atoms with Crippen LogP contribution in [-0.4, -0.2) is 9.55 Å². The Morgan fingerprint density at radius 3 is 3.00 bits per heavy atom. The summed E-state index contributed by atoms with van der Waals surface area (Å²) < 4.78 is 4.52. The number of hydrogen-bond donors (Lipinski definition) is 1. The Hall–Kier alpha value is -0.560. The quantitative estimate of drug-likeness (QED) is 0.733. The number of rotatable bonds is 5. The van der Waals surface area contributed by atoms with Crippen LogP contribution in [0, 0.1) is 3.57 Å². The van der Waals surface area contributed by atoms with Gasteiger partial charge >= 0.3 is 0 Å². The summed E-state index contributed by atoms with van der Waals surface area (Å²) in [6.07, 6.45) is 5.02. The van der Waals surface area contributed by atoms with Crippen LogP contribution in [0.2, 0.25) is 0 Å². The van der Waals surface area contributed by atoms with E-state index in [1.165, 1.54) is 3.57 Å². The standard InChI is InChI=1S/C13H15BrIN3/c1-2-6-18-7-5-16-13(18)9-17-10-3-4-11(14)12(15)8-10/h3-5,7-8,17H,2,6,9H2,1H3. The van der Waals surface area contributed by atoms with Crippen LogP contribution in [-0.2, 0) is 13.1 Å². The average Bonchev–Trinajstić information content (AvgIpc) is 2.79. The lowest BCUT2D eigenvalue weighted by atomic mass is 10.3. The molecule has 96 valence electrons. The molecule has 0 atom stereocenters. The summed E-state index contributed by atoms with van der Waals surface area (Å²) in [6, 6.07) is 6.25. The van der Waals surface area contributed by atoms with Crippen LogP contribution in [0.15, 0.2) is 35.1 Å². The van der Waals surface area contributed by atoms with Gasteiger partial charge in [0.25, 0.3) is 0 Å². The Labute approximate surface area is 129 Å². The van der Waals surface area contributed by atoms with Crippen LogP contribution in [0.1, 0.15) is 19.2 Å². The van der Waals surface area contributed by atoms with Gasteiger partial charge < -0.3 is 9.88 Å². The lowest BCUT2D eigenvalue weighted by Crippen LogP contribution is -2.08. The number of hydrogen-bond acceptors (Lipinski definition) is 2. The molecule has 0 fully saturated rings. The molecule has 0 spiro atoms. The zero-order valence-electron chi connectivity index (χ0n) is 10.2. The minimum atomic E-state index is 0.755. The molecule has 1 N–H and O–H groups in total. The average molecular weight is 420 g/mol. The second kappa shape index (κ2) is 6.56. The molecule has 5 heteroatoms. The third-order valence-corrected chi connectivity index (χ3v) is 4.96. The molecule has 1 heterocycles. The maximum absolute atomic E-state index is 4.38. The normalized spacial score (nSPS) is 10.6. The first kappa shape index (κ1) is 13.9. The van der Waals surface area contributed by atoms with Gasteiger partial charge in [0.05, 0.1) is 6.54 Å². The van der Waals surface area contributed by atoms with Crippen molar-refractivity contribution in [2.75, 3.05) is 5.32 Å². The Morgan fingerprint density at radius 1 is 1.44 bits per heavy atom. The molecule has 3 nitrogen and oxygen atoms in total. The molecule has 0 aliphatic carbocycles. The largest absolute Gasteiger partial charge is 0.378 e. The lowest BCUT2D eigenvalue weighted by molar-refractivity contribution is 0.644. The molecule has 1 aromatic carbocycles. The molecule has 1 aromatic heterocycles. The number of anilines is 1. The van der Waals surface area contributed by atoms with E-state index in [1.807, 2.05) is 12.4 Å². The number of nitrogens with zero attached hydrogens (tertiary/aromatic N) is 2. The number of aromatic nitrogens is 2. The van der Waals surface area contributed by atoms with Gasteiger partial charge in [-0.05, 0) is 63.1 Å². The molecule has 18 heavy (non-hydrogen) atoms. The van der Waals surface area contributed by atoms with Crippen molar-refractivity contribution in [1.29, 1.82) is 0 Å². The van der Waals surface area contributed by atoms with Gasteiger partial charge in [0.1, 0.15) is 5.82 Å². The molecular formula is C13H15BrIN3. The van der Waals surface area contributed by atoms with E-state index < -0.39 is 0 Å². The monoisotopic (exact) mass is 419 g/mol. The molecule has 0 amide bonds. The number of aryl methyl sites for hydroxylation is 1. The fourth-order valence-electron chi connectivity index (χ4n) is 1.74. The smallest absolute Gasteiger partial charge is 0.128 e. The van der Waals surface area contributed by atoms with Crippen LogP contribution in [0.25, 0.3) is 0 Å². The van der Waals surface area contributed by atoms with Gasteiger partial charge in [0.2, 0.25) is 0 Å². The lowest BCUT2D eigenvalue weighted by Gasteiger charge is -2.09. The molecule has 0 bridgehead atoms. The highest BCUT2D eigenvalue weighted by Gasteiger charge is 2.03. The van der Waals surface area contributed by atoms with Crippen LogP contribution >= 0.6 is 38.5 Å². The van der Waals surface area contributed by atoms with Crippen molar-refractivity contribution < 1.29 is 0 Å². The second-order valence-corrected chi connectivity index (χ2v) is 6.04. The van der Waals surface area contributed by atoms with Crippen molar-refractivity contribution in [2.24, 2.45) is 0 Å². The van der Waals surface area contributed by atoms with Crippen LogP contribution in [0.3, 0.4) is 0 Å². The summed E-state index contributed by atoms with van der Waals surface area (Å²) in [6.45, 7) is 3.95. The maximum Gasteiger partial charge on any atom is 0.128 e. The van der Waals surface area contributed by atoms with Crippen molar-refractivity contribution >= 4 is 44.2 Å². The number of imidazole rings is 1. The molecule has 0 saturated carbocycles. The minimum Gasteiger partial charge on any atom is -0.378 e. The molecule has 0 aliphatic rings. The Balaban J connectivity index is 2.02. The summed E-state index contributed by atoms with van der Waals surface area (Å²) >= 11 is 5.82. The molecular weight excluding hydrogens is 405 g/mol. The van der Waals surface area contributed by atoms with Gasteiger partial charge in [-0.15, -0.1) is 0 Å². The maximum atomic E-state index is 4.38. The van der Waals surface area contributed by atoms with E-state index in [2.05, 4.69) is 78.5 Å². The molecule has 0 aliphatic heterocycles. The van der Waals surface area contributed by atoms with Crippen molar-refractivity contribution in [3.63, 3.8) is 0 Å². The number of nitrogens with one attached hydrogen (secondary N) is 1. The first-order valence-electron chi connectivity index (χ1n) is 5.89. The fourth-order valence-corrected chi connectivity index (χ4v) is 2.50. The fraction of sp³-hybridized carbons (Fsp3) is 0.308. The first-order valence-corrected chi connectivity index (χ1v) is 7.77. The van der Waals surface area contributed by atoms with Gasteiger partial charge in [0.15, 0.2) is 0 Å². The second-order valence-electron chi connectivity index (χ2n) is 4.02. The van der Waals surface area contributed by atoms with Crippen molar-refractivity contribution in [3.8, 4) is 0 Å². The van der Waals surface area contributed by atoms with Crippen LogP contribution in [0.5, 0.6) is 0 Å². The topological polar surface area (TPSA) is 29.9 Å². The Bertz CT molecular complexity index is 525. The van der Waals surface area contributed by atoms with Crippen molar-refractivity contribution in [1.82, 2.24) is 9.55 Å². The van der Waals surface area contributed by atoms with Crippen molar-refractivity contribution in [2.45, 2.75) is 26.4 Å². The first-order chi connectivity index (χ1) is 8.70. The molecule has 2 aromatic rings. The molecule has 0 saturated heterocycles. The van der Waals surface area contributed by atoms with Crippen LogP contribution < -0.4 is 5.32 Å². The van der Waals surface area contributed by atoms with Gasteiger partial charge in [-0.2, -0.15) is 0 Å². The van der Waals surface area contributed by atoms with E-state index in [0.717, 1.165) is 35.5 Å². The van der Waals surface area contributed by atoms with E-state index in [-0.39, 0.29) is 0 Å². The zero-order valence-corrected chi connectivity index (χ0v) is 13.9. The third-order valence-electron chi connectivity index (χ3n) is 2.64. The van der Waals surface area contributed by atoms with Gasteiger partial charge in [0, 0.05) is 32.7 Å². The predicted molar refractivity (Wildman–Crippen MR) is 86.7 cm³/mol. The SMILES string of the molecule is CCCn1ccnc1CNc1ccc(Br)c(I)c1. The summed E-state index contributed by atoms with van der Waals surface area (Å²) in [4.78, 5) is 4.38. The highest BCUT2D eigenvalue weighted by atomic mass is 127. The summed E-state index contributed by atoms with van der Waals surface area (Å²) in [5.41, 5.74) is 1.12. The Morgan fingerprint density at radius 2 is 2.28 bits per heavy atom. The van der Waals surface area contributed by atoms with E-state index in [1.54, 1.807) is 0 Å². The predicted octanol–water partition coefficient (Wildman–Crippen LogP) is 4.27. The third kappa shape index (κ3) is 3.47. The Kier molecular flexibility index (Phi) is 5.05. The minimum absolute atomic E-state index is 0.755. The number of benzene rings is 1. The van der Waals surface area contributed by atoms with E-state index in [9.17, 15) is 0 Å². The highest BCUT2D eigenvalue weighted by molar-refractivity contribution is 14.1. The summed E-state index contributed by atoms with van der Waals surface area (Å²) in [5, 5.41) is 3.40. The van der Waals surface area contributed by atoms with Crippen molar-refractivity contribution in [3.05, 3.63) is 44.5 Å². The summed E-state index contributed by atoms with van der Waals surface area (Å²) in [5.74, 6) is 1.08. The molecule has 2 rings (SSSR count). The zero-order chi connectivity index (χ0) is 13.0. The molecule has 0 unspecified atom stereocenters. The van der Waals surface area contributed by atoms with E-state index in [0.29, 0.717) is 0 Å².